The first-order valence-corrected chi connectivity index (χ1v) is 5.70. The zero-order valence-electron chi connectivity index (χ0n) is 10.6. The molecule has 0 fully saturated rings. The number of aliphatic carboxylic acids is 1. The van der Waals surface area contributed by atoms with Gasteiger partial charge in [-0.3, -0.25) is 20.2 Å². The summed E-state index contributed by atoms with van der Waals surface area (Å²) in [5.74, 6) is -1.25. The van der Waals surface area contributed by atoms with Gasteiger partial charge in [0.1, 0.15) is 0 Å². The van der Waals surface area contributed by atoms with Gasteiger partial charge in [0.2, 0.25) is 0 Å². The third kappa shape index (κ3) is 3.90. The predicted molar refractivity (Wildman–Crippen MR) is 67.2 cm³/mol. The number of aryl methyl sites for hydroxylation is 1. The molecule has 0 aliphatic carbocycles. The quantitative estimate of drug-likeness (QED) is 0.442. The summed E-state index contributed by atoms with van der Waals surface area (Å²) in [5, 5.41) is 34.7. The summed E-state index contributed by atoms with van der Waals surface area (Å²) in [6, 6.07) is 2.43. The van der Waals surface area contributed by atoms with Gasteiger partial charge < -0.3 is 15.2 Å². The molecule has 0 radical (unpaired) electrons. The first-order valence-electron chi connectivity index (χ1n) is 5.70. The van der Waals surface area contributed by atoms with Crippen molar-refractivity contribution in [3.05, 3.63) is 37.9 Å². The lowest BCUT2D eigenvalue weighted by atomic mass is 10.1. The Kier molecular flexibility index (Phi) is 4.95. The molecule has 0 spiro atoms. The highest BCUT2D eigenvalue weighted by atomic mass is 16.6. The molecule has 9 nitrogen and oxygen atoms in total. The number of nitro groups is 2. The molecule has 0 atom stereocenters. The van der Waals surface area contributed by atoms with Gasteiger partial charge in [0, 0.05) is 24.6 Å². The van der Waals surface area contributed by atoms with Gasteiger partial charge in [-0.05, 0) is 25.3 Å². The van der Waals surface area contributed by atoms with Gasteiger partial charge in [0.25, 0.3) is 11.4 Å². The molecule has 9 heteroatoms. The SMILES string of the molecule is Cc1cc([N+](=O)[O-])c(NCCCC(=O)[O-])c([N+](=O)[O-])c1. The number of nitrogens with one attached hydrogen (secondary N) is 1. The van der Waals surface area contributed by atoms with E-state index < -0.39 is 27.2 Å². The second-order valence-electron chi connectivity index (χ2n) is 4.09. The number of carbonyl (C=O) groups is 1. The number of carbonyl (C=O) groups excluding carboxylic acids is 1. The van der Waals surface area contributed by atoms with Crippen molar-refractivity contribution in [3.63, 3.8) is 0 Å². The van der Waals surface area contributed by atoms with Crippen LogP contribution in [0.4, 0.5) is 17.1 Å². The second-order valence-corrected chi connectivity index (χ2v) is 4.09. The number of carboxylic acid groups (broad SMARTS) is 1. The molecule has 0 amide bonds. The fourth-order valence-corrected chi connectivity index (χ4v) is 1.66. The van der Waals surface area contributed by atoms with Crippen molar-refractivity contribution in [1.82, 2.24) is 0 Å². The Morgan fingerprint density at radius 2 is 1.70 bits per heavy atom. The van der Waals surface area contributed by atoms with Crippen LogP contribution in [0, 0.1) is 27.2 Å². The number of anilines is 1. The summed E-state index contributed by atoms with van der Waals surface area (Å²) in [7, 11) is 0. The van der Waals surface area contributed by atoms with Gasteiger partial charge in [0.15, 0.2) is 5.69 Å². The molecular weight excluding hydrogens is 270 g/mol. The van der Waals surface area contributed by atoms with Crippen LogP contribution in [0.15, 0.2) is 12.1 Å². The smallest absolute Gasteiger partial charge is 0.299 e. The molecule has 1 N–H and O–H groups in total. The molecule has 0 saturated heterocycles. The van der Waals surface area contributed by atoms with Crippen LogP contribution < -0.4 is 10.4 Å². The lowest BCUT2D eigenvalue weighted by Gasteiger charge is -2.09. The predicted octanol–water partition coefficient (Wildman–Crippen LogP) is 0.753. The van der Waals surface area contributed by atoms with Crippen molar-refractivity contribution in [2.24, 2.45) is 0 Å². The van der Waals surface area contributed by atoms with Crippen molar-refractivity contribution in [3.8, 4) is 0 Å². The van der Waals surface area contributed by atoms with Crippen LogP contribution in [0.2, 0.25) is 0 Å². The molecule has 0 aliphatic heterocycles. The maximum atomic E-state index is 10.9. The molecule has 0 heterocycles. The summed E-state index contributed by atoms with van der Waals surface area (Å²) < 4.78 is 0. The largest absolute Gasteiger partial charge is 0.550 e. The minimum atomic E-state index is -1.25. The Balaban J connectivity index is 3.04. The van der Waals surface area contributed by atoms with E-state index in [0.717, 1.165) is 0 Å². The van der Waals surface area contributed by atoms with Gasteiger partial charge in [-0.25, -0.2) is 0 Å². The summed E-state index contributed by atoms with van der Waals surface area (Å²) in [6.07, 6.45) is -0.0923. The van der Waals surface area contributed by atoms with E-state index in [1.807, 2.05) is 0 Å². The molecule has 1 aromatic carbocycles. The zero-order chi connectivity index (χ0) is 15.3. The average Bonchev–Trinajstić information content (AvgIpc) is 2.34. The highest BCUT2D eigenvalue weighted by Gasteiger charge is 2.25. The molecule has 0 saturated carbocycles. The molecule has 1 aromatic rings. The summed E-state index contributed by atoms with van der Waals surface area (Å²) in [6.45, 7) is 1.57. The Morgan fingerprint density at radius 3 is 2.10 bits per heavy atom. The zero-order valence-corrected chi connectivity index (χ0v) is 10.6. The standard InChI is InChI=1S/C11H13N3O6/c1-7-5-8(13(17)18)11(9(6-7)14(19)20)12-4-2-3-10(15)16/h5-6,12H,2-4H2,1H3,(H,15,16)/p-1. The number of carboxylic acids is 1. The van der Waals surface area contributed by atoms with E-state index in [4.69, 9.17) is 0 Å². The second kappa shape index (κ2) is 6.45. The number of nitro benzene ring substituents is 2. The third-order valence-electron chi connectivity index (χ3n) is 2.49. The Hall–Kier alpha value is -2.71. The molecular formula is C11H12N3O6-. The van der Waals surface area contributed by atoms with E-state index in [9.17, 15) is 30.1 Å². The Morgan fingerprint density at radius 1 is 1.20 bits per heavy atom. The van der Waals surface area contributed by atoms with Crippen LogP contribution >= 0.6 is 0 Å². The molecule has 0 aliphatic rings. The number of hydrogen-bond donors (Lipinski definition) is 1. The topological polar surface area (TPSA) is 138 Å². The van der Waals surface area contributed by atoms with Crippen molar-refractivity contribution in [2.75, 3.05) is 11.9 Å². The van der Waals surface area contributed by atoms with Crippen LogP contribution in [0.3, 0.4) is 0 Å². The molecule has 0 bridgehead atoms. The van der Waals surface area contributed by atoms with Gasteiger partial charge in [-0.1, -0.05) is 0 Å². The average molecular weight is 282 g/mol. The van der Waals surface area contributed by atoms with Crippen molar-refractivity contribution in [2.45, 2.75) is 19.8 Å². The minimum Gasteiger partial charge on any atom is -0.550 e. The van der Waals surface area contributed by atoms with E-state index >= 15 is 0 Å². The maximum Gasteiger partial charge on any atom is 0.299 e. The third-order valence-corrected chi connectivity index (χ3v) is 2.49. The summed E-state index contributed by atoms with van der Waals surface area (Å²) >= 11 is 0. The highest BCUT2D eigenvalue weighted by molar-refractivity contribution is 5.74. The first kappa shape index (κ1) is 15.3. The fraction of sp³-hybridized carbons (Fsp3) is 0.364. The molecule has 0 unspecified atom stereocenters. The summed E-state index contributed by atoms with van der Waals surface area (Å²) in [4.78, 5) is 30.7. The minimum absolute atomic E-state index is 0.0543. The van der Waals surface area contributed by atoms with Crippen LogP contribution in [0.25, 0.3) is 0 Å². The van der Waals surface area contributed by atoms with Gasteiger partial charge >= 0.3 is 0 Å². The van der Waals surface area contributed by atoms with Crippen LogP contribution in [0.1, 0.15) is 18.4 Å². The highest BCUT2D eigenvalue weighted by Crippen LogP contribution is 2.35. The van der Waals surface area contributed by atoms with E-state index in [1.165, 1.54) is 19.1 Å². The van der Waals surface area contributed by atoms with Crippen LogP contribution in [-0.4, -0.2) is 22.4 Å². The van der Waals surface area contributed by atoms with Gasteiger partial charge in [-0.15, -0.1) is 0 Å². The van der Waals surface area contributed by atoms with E-state index in [2.05, 4.69) is 5.32 Å². The fourth-order valence-electron chi connectivity index (χ4n) is 1.66. The first-order chi connectivity index (χ1) is 9.32. The van der Waals surface area contributed by atoms with E-state index in [0.29, 0.717) is 5.56 Å². The lowest BCUT2D eigenvalue weighted by Crippen LogP contribution is -2.22. The van der Waals surface area contributed by atoms with Gasteiger partial charge in [-0.2, -0.15) is 0 Å². The van der Waals surface area contributed by atoms with Gasteiger partial charge in [0.05, 0.1) is 9.85 Å². The molecule has 1 rings (SSSR count). The molecule has 0 aromatic heterocycles. The Bertz CT molecular complexity index is 522. The van der Waals surface area contributed by atoms with Crippen LogP contribution in [-0.2, 0) is 4.79 Å². The van der Waals surface area contributed by atoms with Crippen molar-refractivity contribution < 1.29 is 19.7 Å². The monoisotopic (exact) mass is 282 g/mol. The van der Waals surface area contributed by atoms with Crippen molar-refractivity contribution in [1.29, 1.82) is 0 Å². The molecule has 20 heavy (non-hydrogen) atoms. The number of nitrogens with zero attached hydrogens (tertiary/aromatic N) is 2. The van der Waals surface area contributed by atoms with E-state index in [-0.39, 0.29) is 25.1 Å². The summed E-state index contributed by atoms with van der Waals surface area (Å²) in [5.41, 5.74) is -0.650. The number of hydrogen-bond acceptors (Lipinski definition) is 7. The normalized spacial score (nSPS) is 10.1. The van der Waals surface area contributed by atoms with E-state index in [1.54, 1.807) is 0 Å². The van der Waals surface area contributed by atoms with Crippen molar-refractivity contribution >= 4 is 23.0 Å². The number of benzene rings is 1. The Labute approximate surface area is 113 Å². The number of rotatable bonds is 7. The van der Waals surface area contributed by atoms with Crippen LogP contribution in [0.5, 0.6) is 0 Å². The molecule has 108 valence electrons. The lowest BCUT2D eigenvalue weighted by molar-refractivity contribution is -0.392. The maximum absolute atomic E-state index is 10.9.